The fourth-order valence-corrected chi connectivity index (χ4v) is 2.10. The second-order valence-corrected chi connectivity index (χ2v) is 5.71. The van der Waals surface area contributed by atoms with Gasteiger partial charge in [-0.15, -0.1) is 11.6 Å². The van der Waals surface area contributed by atoms with Gasteiger partial charge in [0.1, 0.15) is 11.3 Å². The summed E-state index contributed by atoms with van der Waals surface area (Å²) in [7, 11) is 0. The minimum Gasteiger partial charge on any atom is -0.324 e. The highest BCUT2D eigenvalue weighted by atomic mass is 35.5. The van der Waals surface area contributed by atoms with Crippen LogP contribution >= 0.6 is 11.6 Å². The van der Waals surface area contributed by atoms with Crippen LogP contribution in [0, 0.1) is 5.41 Å². The first kappa shape index (κ1) is 12.4. The molecule has 2 heterocycles. The number of hydrogen-bond donors (Lipinski definition) is 0. The van der Waals surface area contributed by atoms with E-state index < -0.39 is 0 Å². The lowest BCUT2D eigenvalue weighted by Gasteiger charge is -2.30. The van der Waals surface area contributed by atoms with E-state index in [1.807, 2.05) is 6.07 Å². The predicted octanol–water partition coefficient (Wildman–Crippen LogP) is 3.78. The van der Waals surface area contributed by atoms with E-state index in [0.717, 1.165) is 16.9 Å². The summed E-state index contributed by atoms with van der Waals surface area (Å²) in [5.74, 6) is 1.34. The van der Waals surface area contributed by atoms with Gasteiger partial charge in [-0.1, -0.05) is 20.8 Å². The number of rotatable bonds is 2. The molecule has 0 saturated heterocycles. The first-order chi connectivity index (χ1) is 7.95. The van der Waals surface area contributed by atoms with Gasteiger partial charge in [0.25, 0.3) is 0 Å². The van der Waals surface area contributed by atoms with Gasteiger partial charge in [0.15, 0.2) is 0 Å². The molecule has 0 radical (unpaired) electrons. The Bertz CT molecular complexity index is 525. The molecule has 1 unspecified atom stereocenters. The fourth-order valence-electron chi connectivity index (χ4n) is 1.91. The van der Waals surface area contributed by atoms with Gasteiger partial charge in [0, 0.05) is 12.2 Å². The molecule has 0 aliphatic rings. The Morgan fingerprint density at radius 1 is 1.41 bits per heavy atom. The molecule has 2 rings (SSSR count). The van der Waals surface area contributed by atoms with Crippen molar-refractivity contribution in [3.8, 4) is 0 Å². The van der Waals surface area contributed by atoms with Crippen molar-refractivity contribution < 1.29 is 0 Å². The molecule has 1 atom stereocenters. The predicted molar refractivity (Wildman–Crippen MR) is 71.3 cm³/mol. The maximum absolute atomic E-state index is 5.99. The van der Waals surface area contributed by atoms with Crippen molar-refractivity contribution in [2.24, 2.45) is 5.41 Å². The molecular formula is C13H18ClN3. The lowest BCUT2D eigenvalue weighted by Crippen LogP contribution is -2.22. The maximum atomic E-state index is 5.99. The molecule has 0 spiro atoms. The molecule has 2 aromatic rings. The monoisotopic (exact) mass is 251 g/mol. The maximum Gasteiger partial charge on any atom is 0.125 e. The van der Waals surface area contributed by atoms with Gasteiger partial charge in [0.05, 0.1) is 17.6 Å². The third kappa shape index (κ3) is 2.16. The zero-order chi connectivity index (χ0) is 12.6. The number of aromatic nitrogens is 3. The molecule has 0 fully saturated rings. The molecule has 0 N–H and O–H groups in total. The van der Waals surface area contributed by atoms with Crippen molar-refractivity contribution >= 4 is 22.6 Å². The van der Waals surface area contributed by atoms with Crippen LogP contribution in [0.15, 0.2) is 18.5 Å². The van der Waals surface area contributed by atoms with E-state index in [4.69, 9.17) is 11.6 Å². The van der Waals surface area contributed by atoms with E-state index in [1.54, 1.807) is 12.4 Å². The highest BCUT2D eigenvalue weighted by molar-refractivity contribution is 6.16. The standard InChI is InChI=1S/C13H18ClN3/c1-9(13(2,3)4)17-11-5-6-15-8-10(11)16-12(17)7-14/h5-6,8-9H,7H2,1-4H3. The molecule has 0 aliphatic heterocycles. The fraction of sp³-hybridized carbons (Fsp3) is 0.538. The van der Waals surface area contributed by atoms with Crippen LogP contribution in [0.25, 0.3) is 11.0 Å². The Hall–Kier alpha value is -1.09. The van der Waals surface area contributed by atoms with E-state index in [9.17, 15) is 0 Å². The summed E-state index contributed by atoms with van der Waals surface area (Å²) in [5.41, 5.74) is 2.19. The third-order valence-corrected chi connectivity index (χ3v) is 3.56. The normalized spacial score (nSPS) is 14.2. The Balaban J connectivity index is 2.66. The van der Waals surface area contributed by atoms with Crippen LogP contribution in [0.2, 0.25) is 0 Å². The zero-order valence-electron chi connectivity index (χ0n) is 10.7. The minimum absolute atomic E-state index is 0.164. The highest BCUT2D eigenvalue weighted by Gasteiger charge is 2.25. The van der Waals surface area contributed by atoms with Crippen molar-refractivity contribution in [3.05, 3.63) is 24.3 Å². The van der Waals surface area contributed by atoms with E-state index in [0.29, 0.717) is 11.9 Å². The summed E-state index contributed by atoms with van der Waals surface area (Å²) >= 11 is 5.99. The number of pyridine rings is 1. The van der Waals surface area contributed by atoms with Gasteiger partial charge in [-0.3, -0.25) is 4.98 Å². The van der Waals surface area contributed by atoms with Gasteiger partial charge in [-0.2, -0.15) is 0 Å². The van der Waals surface area contributed by atoms with Crippen molar-refractivity contribution in [2.45, 2.75) is 39.6 Å². The van der Waals surface area contributed by atoms with Gasteiger partial charge in [-0.05, 0) is 18.4 Å². The summed E-state index contributed by atoms with van der Waals surface area (Å²) in [6.45, 7) is 8.88. The summed E-state index contributed by atoms with van der Waals surface area (Å²) in [5, 5.41) is 0. The smallest absolute Gasteiger partial charge is 0.125 e. The highest BCUT2D eigenvalue weighted by Crippen LogP contribution is 2.34. The molecule has 0 aliphatic carbocycles. The van der Waals surface area contributed by atoms with E-state index >= 15 is 0 Å². The summed E-state index contributed by atoms with van der Waals surface area (Å²) < 4.78 is 2.23. The molecule has 92 valence electrons. The average Bonchev–Trinajstić information content (AvgIpc) is 2.64. The van der Waals surface area contributed by atoms with Crippen LogP contribution in [0.3, 0.4) is 0 Å². The second kappa shape index (κ2) is 4.30. The molecule has 2 aromatic heterocycles. The number of hydrogen-bond acceptors (Lipinski definition) is 2. The average molecular weight is 252 g/mol. The van der Waals surface area contributed by atoms with Crippen molar-refractivity contribution in [3.63, 3.8) is 0 Å². The van der Waals surface area contributed by atoms with Crippen LogP contribution in [0.5, 0.6) is 0 Å². The van der Waals surface area contributed by atoms with Crippen LogP contribution in [0.4, 0.5) is 0 Å². The van der Waals surface area contributed by atoms with Crippen LogP contribution in [-0.4, -0.2) is 14.5 Å². The Kier molecular flexibility index (Phi) is 3.13. The number of imidazole rings is 1. The van der Waals surface area contributed by atoms with Crippen molar-refractivity contribution in [2.75, 3.05) is 0 Å². The third-order valence-electron chi connectivity index (χ3n) is 3.32. The van der Waals surface area contributed by atoms with Gasteiger partial charge >= 0.3 is 0 Å². The van der Waals surface area contributed by atoms with Crippen LogP contribution in [-0.2, 0) is 5.88 Å². The molecule has 0 aromatic carbocycles. The molecule has 17 heavy (non-hydrogen) atoms. The largest absolute Gasteiger partial charge is 0.324 e. The van der Waals surface area contributed by atoms with E-state index in [-0.39, 0.29) is 5.41 Å². The molecule has 3 nitrogen and oxygen atoms in total. The van der Waals surface area contributed by atoms with Crippen molar-refractivity contribution in [1.82, 2.24) is 14.5 Å². The number of halogens is 1. The first-order valence-electron chi connectivity index (χ1n) is 5.82. The van der Waals surface area contributed by atoms with Gasteiger partial charge < -0.3 is 4.57 Å². The number of fused-ring (bicyclic) bond motifs is 1. The summed E-state index contributed by atoms with van der Waals surface area (Å²) in [6, 6.07) is 2.34. The lowest BCUT2D eigenvalue weighted by molar-refractivity contribution is 0.264. The molecule has 0 saturated carbocycles. The lowest BCUT2D eigenvalue weighted by atomic mass is 9.87. The van der Waals surface area contributed by atoms with Crippen molar-refractivity contribution in [1.29, 1.82) is 0 Å². The Morgan fingerprint density at radius 2 is 2.12 bits per heavy atom. The summed E-state index contributed by atoms with van der Waals surface area (Å²) in [4.78, 5) is 8.64. The second-order valence-electron chi connectivity index (χ2n) is 5.44. The Labute approximate surface area is 107 Å². The number of alkyl halides is 1. The minimum atomic E-state index is 0.164. The first-order valence-corrected chi connectivity index (χ1v) is 6.35. The van der Waals surface area contributed by atoms with E-state index in [2.05, 4.69) is 42.2 Å². The number of nitrogens with zero attached hydrogens (tertiary/aromatic N) is 3. The zero-order valence-corrected chi connectivity index (χ0v) is 11.5. The molecule has 0 bridgehead atoms. The van der Waals surface area contributed by atoms with Gasteiger partial charge in [0.2, 0.25) is 0 Å². The molecule has 4 heteroatoms. The summed E-state index contributed by atoms with van der Waals surface area (Å²) in [6.07, 6.45) is 3.59. The quantitative estimate of drug-likeness (QED) is 0.761. The SMILES string of the molecule is CC(n1c(CCl)nc2cnccc21)C(C)(C)C. The molecular weight excluding hydrogens is 234 g/mol. The van der Waals surface area contributed by atoms with Gasteiger partial charge in [-0.25, -0.2) is 4.98 Å². The van der Waals surface area contributed by atoms with Crippen LogP contribution < -0.4 is 0 Å². The topological polar surface area (TPSA) is 30.7 Å². The van der Waals surface area contributed by atoms with Crippen LogP contribution in [0.1, 0.15) is 39.6 Å². The Morgan fingerprint density at radius 3 is 2.71 bits per heavy atom. The van der Waals surface area contributed by atoms with E-state index in [1.165, 1.54) is 0 Å². The molecule has 0 amide bonds.